The second-order valence-corrected chi connectivity index (χ2v) is 2.53. The molecule has 1 aliphatic heterocycles. The van der Waals surface area contributed by atoms with Gasteiger partial charge in [-0.25, -0.2) is 0 Å². The molecule has 1 fully saturated rings. The lowest BCUT2D eigenvalue weighted by atomic mass is 10.5. The SMILES string of the molecule is CCOC1(C)OC[C@@H](C)O1. The fourth-order valence-corrected chi connectivity index (χ4v) is 1.04. The Morgan fingerprint density at radius 2 is 2.40 bits per heavy atom. The quantitative estimate of drug-likeness (QED) is 0.584. The van der Waals surface area contributed by atoms with Crippen molar-refractivity contribution in [3.63, 3.8) is 0 Å². The number of hydrogen-bond acceptors (Lipinski definition) is 3. The second-order valence-electron chi connectivity index (χ2n) is 2.53. The van der Waals surface area contributed by atoms with Crippen LogP contribution in [0.4, 0.5) is 0 Å². The normalized spacial score (nSPS) is 40.5. The van der Waals surface area contributed by atoms with Gasteiger partial charge in [0.15, 0.2) is 0 Å². The van der Waals surface area contributed by atoms with Crippen molar-refractivity contribution in [2.45, 2.75) is 32.8 Å². The zero-order valence-corrected chi connectivity index (χ0v) is 6.72. The first kappa shape index (κ1) is 7.98. The Kier molecular flexibility index (Phi) is 2.28. The molecule has 1 aliphatic rings. The molecule has 0 aromatic carbocycles. The maximum atomic E-state index is 5.34. The van der Waals surface area contributed by atoms with Crippen molar-refractivity contribution in [2.75, 3.05) is 13.2 Å². The summed E-state index contributed by atoms with van der Waals surface area (Å²) >= 11 is 0. The lowest BCUT2D eigenvalue weighted by Gasteiger charge is -2.21. The molecule has 2 atom stereocenters. The van der Waals surface area contributed by atoms with Crippen molar-refractivity contribution in [1.29, 1.82) is 0 Å². The van der Waals surface area contributed by atoms with E-state index in [4.69, 9.17) is 14.2 Å². The van der Waals surface area contributed by atoms with E-state index in [1.54, 1.807) is 6.92 Å². The zero-order chi connectivity index (χ0) is 7.61. The summed E-state index contributed by atoms with van der Waals surface area (Å²) in [6.45, 7) is 6.91. The molecule has 0 amide bonds. The van der Waals surface area contributed by atoms with Crippen LogP contribution in [0.5, 0.6) is 0 Å². The van der Waals surface area contributed by atoms with Crippen LogP contribution in [0.3, 0.4) is 0 Å². The molecule has 0 bridgehead atoms. The van der Waals surface area contributed by atoms with Crippen LogP contribution in [0.15, 0.2) is 0 Å². The second kappa shape index (κ2) is 2.86. The Morgan fingerprint density at radius 1 is 1.70 bits per heavy atom. The van der Waals surface area contributed by atoms with Gasteiger partial charge in [0, 0.05) is 13.5 Å². The molecule has 60 valence electrons. The highest BCUT2D eigenvalue weighted by atomic mass is 16.9. The van der Waals surface area contributed by atoms with Gasteiger partial charge in [0.05, 0.1) is 12.7 Å². The van der Waals surface area contributed by atoms with Crippen LogP contribution in [0.25, 0.3) is 0 Å². The molecule has 1 saturated heterocycles. The predicted octanol–water partition coefficient (Wildman–Crippen LogP) is 1.13. The Hall–Kier alpha value is -0.120. The topological polar surface area (TPSA) is 27.7 Å². The highest BCUT2D eigenvalue weighted by molar-refractivity contribution is 4.62. The Morgan fingerprint density at radius 3 is 2.80 bits per heavy atom. The van der Waals surface area contributed by atoms with Crippen molar-refractivity contribution in [1.82, 2.24) is 0 Å². The molecule has 0 aliphatic carbocycles. The average Bonchev–Trinajstić information content (AvgIpc) is 2.12. The molecule has 0 radical (unpaired) electrons. The molecule has 0 spiro atoms. The molecule has 3 nitrogen and oxygen atoms in total. The van der Waals surface area contributed by atoms with Gasteiger partial charge >= 0.3 is 0 Å². The van der Waals surface area contributed by atoms with E-state index in [1.165, 1.54) is 0 Å². The molecule has 1 rings (SSSR count). The summed E-state index contributed by atoms with van der Waals surface area (Å²) in [4.78, 5) is 0. The Balaban J connectivity index is 2.38. The van der Waals surface area contributed by atoms with E-state index in [-0.39, 0.29) is 6.10 Å². The van der Waals surface area contributed by atoms with E-state index in [2.05, 4.69) is 0 Å². The van der Waals surface area contributed by atoms with Gasteiger partial charge in [0.25, 0.3) is 5.97 Å². The smallest absolute Gasteiger partial charge is 0.280 e. The van der Waals surface area contributed by atoms with E-state index < -0.39 is 5.97 Å². The van der Waals surface area contributed by atoms with Crippen LogP contribution in [-0.2, 0) is 14.2 Å². The summed E-state index contributed by atoms with van der Waals surface area (Å²) in [5.41, 5.74) is 0. The van der Waals surface area contributed by atoms with Gasteiger partial charge in [-0.3, -0.25) is 0 Å². The maximum absolute atomic E-state index is 5.34. The van der Waals surface area contributed by atoms with Gasteiger partial charge in [0.1, 0.15) is 0 Å². The summed E-state index contributed by atoms with van der Waals surface area (Å²) in [6, 6.07) is 0. The standard InChI is InChI=1S/C7H14O3/c1-4-8-7(3)9-5-6(2)10-7/h6H,4-5H2,1-3H3/t6-,7?/m1/s1. The predicted molar refractivity (Wildman–Crippen MR) is 36.5 cm³/mol. The molecule has 1 unspecified atom stereocenters. The van der Waals surface area contributed by atoms with Crippen LogP contribution >= 0.6 is 0 Å². The largest absolute Gasteiger partial charge is 0.328 e. The molecule has 0 aromatic heterocycles. The monoisotopic (exact) mass is 146 g/mol. The van der Waals surface area contributed by atoms with Gasteiger partial charge in [-0.2, -0.15) is 0 Å². The molecule has 10 heavy (non-hydrogen) atoms. The van der Waals surface area contributed by atoms with Gasteiger partial charge in [-0.1, -0.05) is 0 Å². The third-order valence-corrected chi connectivity index (χ3v) is 1.40. The third-order valence-electron chi connectivity index (χ3n) is 1.40. The van der Waals surface area contributed by atoms with Gasteiger partial charge in [-0.15, -0.1) is 0 Å². The molecule has 0 aromatic rings. The van der Waals surface area contributed by atoms with Crippen LogP contribution in [0.1, 0.15) is 20.8 Å². The lowest BCUT2D eigenvalue weighted by Crippen LogP contribution is -2.30. The first-order valence-electron chi connectivity index (χ1n) is 3.62. The highest BCUT2D eigenvalue weighted by Crippen LogP contribution is 2.23. The van der Waals surface area contributed by atoms with Gasteiger partial charge in [0.2, 0.25) is 0 Å². The zero-order valence-electron chi connectivity index (χ0n) is 6.72. The van der Waals surface area contributed by atoms with Crippen molar-refractivity contribution >= 4 is 0 Å². The molecule has 1 heterocycles. The van der Waals surface area contributed by atoms with E-state index in [0.29, 0.717) is 13.2 Å². The molecule has 3 heteroatoms. The van der Waals surface area contributed by atoms with E-state index in [0.717, 1.165) is 0 Å². The minimum Gasteiger partial charge on any atom is -0.328 e. The van der Waals surface area contributed by atoms with Gasteiger partial charge in [-0.05, 0) is 13.8 Å². The molecule has 0 saturated carbocycles. The van der Waals surface area contributed by atoms with E-state index in [9.17, 15) is 0 Å². The number of ether oxygens (including phenoxy) is 3. The molecular formula is C7H14O3. The maximum Gasteiger partial charge on any atom is 0.280 e. The summed E-state index contributed by atoms with van der Waals surface area (Å²) < 4.78 is 15.8. The summed E-state index contributed by atoms with van der Waals surface area (Å²) in [6.07, 6.45) is 0.150. The minimum absolute atomic E-state index is 0.150. The highest BCUT2D eigenvalue weighted by Gasteiger charge is 2.35. The molecule has 0 N–H and O–H groups in total. The third kappa shape index (κ3) is 1.68. The van der Waals surface area contributed by atoms with Crippen molar-refractivity contribution in [3.8, 4) is 0 Å². The van der Waals surface area contributed by atoms with Crippen molar-refractivity contribution in [3.05, 3.63) is 0 Å². The Bertz CT molecular complexity index is 111. The lowest BCUT2D eigenvalue weighted by molar-refractivity contribution is -0.322. The minimum atomic E-state index is -0.784. The van der Waals surface area contributed by atoms with E-state index >= 15 is 0 Å². The van der Waals surface area contributed by atoms with Crippen LogP contribution in [0.2, 0.25) is 0 Å². The first-order valence-corrected chi connectivity index (χ1v) is 3.62. The van der Waals surface area contributed by atoms with Crippen LogP contribution in [-0.4, -0.2) is 25.3 Å². The summed E-state index contributed by atoms with van der Waals surface area (Å²) in [5, 5.41) is 0. The Labute approximate surface area is 61.3 Å². The number of rotatable bonds is 2. The summed E-state index contributed by atoms with van der Waals surface area (Å²) in [7, 11) is 0. The molecular weight excluding hydrogens is 132 g/mol. The number of hydrogen-bond donors (Lipinski definition) is 0. The van der Waals surface area contributed by atoms with Crippen LogP contribution in [0, 0.1) is 0 Å². The van der Waals surface area contributed by atoms with Crippen LogP contribution < -0.4 is 0 Å². The van der Waals surface area contributed by atoms with Crippen molar-refractivity contribution in [2.24, 2.45) is 0 Å². The summed E-state index contributed by atoms with van der Waals surface area (Å²) in [5.74, 6) is -0.784. The average molecular weight is 146 g/mol. The fraction of sp³-hybridized carbons (Fsp3) is 1.00. The van der Waals surface area contributed by atoms with E-state index in [1.807, 2.05) is 13.8 Å². The fourth-order valence-electron chi connectivity index (χ4n) is 1.04. The van der Waals surface area contributed by atoms with Gasteiger partial charge < -0.3 is 14.2 Å². The van der Waals surface area contributed by atoms with Crippen molar-refractivity contribution < 1.29 is 14.2 Å². The first-order chi connectivity index (χ1) is 4.66.